The Hall–Kier alpha value is -2.54. The third kappa shape index (κ3) is 2.57. The van der Waals surface area contributed by atoms with Crippen molar-refractivity contribution in [3.63, 3.8) is 0 Å². The van der Waals surface area contributed by atoms with E-state index in [2.05, 4.69) is 15.3 Å². The molecule has 0 radical (unpaired) electrons. The average Bonchev–Trinajstić information content (AvgIpc) is 3.09. The molecule has 102 valence electrons. The van der Waals surface area contributed by atoms with Gasteiger partial charge in [0.1, 0.15) is 0 Å². The van der Waals surface area contributed by atoms with E-state index >= 15 is 0 Å². The molecule has 7 heteroatoms. The van der Waals surface area contributed by atoms with Gasteiger partial charge in [0.25, 0.3) is 0 Å². The second kappa shape index (κ2) is 5.22. The molecule has 0 aliphatic carbocycles. The highest BCUT2D eigenvalue weighted by Gasteiger charge is 2.07. The number of aromatic amines is 1. The topological polar surface area (TPSA) is 96.9 Å². The van der Waals surface area contributed by atoms with Gasteiger partial charge in [-0.15, -0.1) is 11.3 Å². The number of anilines is 2. The third-order valence-corrected chi connectivity index (χ3v) is 3.58. The van der Waals surface area contributed by atoms with Crippen molar-refractivity contribution >= 4 is 22.7 Å². The van der Waals surface area contributed by atoms with E-state index in [1.54, 1.807) is 29.0 Å². The number of hydrogen-bond acceptors (Lipinski definition) is 6. The largest absolute Gasteiger partial charge is 0.416 e. The smallest absolute Gasteiger partial charge is 0.408 e. The van der Waals surface area contributed by atoms with Crippen LogP contribution in [0.25, 0.3) is 11.3 Å². The summed E-state index contributed by atoms with van der Waals surface area (Å²) >= 11 is 1.57. The zero-order valence-corrected chi connectivity index (χ0v) is 11.2. The lowest BCUT2D eigenvalue weighted by Crippen LogP contribution is -2.01. The van der Waals surface area contributed by atoms with Crippen LogP contribution in [-0.2, 0) is 6.54 Å². The fourth-order valence-corrected chi connectivity index (χ4v) is 2.33. The van der Waals surface area contributed by atoms with E-state index in [4.69, 9.17) is 10.2 Å². The van der Waals surface area contributed by atoms with Gasteiger partial charge in [-0.1, -0.05) is 0 Å². The van der Waals surface area contributed by atoms with Crippen molar-refractivity contribution in [3.8, 4) is 11.3 Å². The first-order valence-corrected chi connectivity index (χ1v) is 6.80. The first-order valence-electron chi connectivity index (χ1n) is 5.92. The summed E-state index contributed by atoms with van der Waals surface area (Å²) in [5.41, 5.74) is 9.93. The summed E-state index contributed by atoms with van der Waals surface area (Å²) in [5, 5.41) is 3.25. The number of rotatable bonds is 4. The molecule has 2 aromatic heterocycles. The summed E-state index contributed by atoms with van der Waals surface area (Å²) in [5.74, 6) is 0.00633. The van der Waals surface area contributed by atoms with Crippen LogP contribution >= 0.6 is 11.3 Å². The van der Waals surface area contributed by atoms with Crippen LogP contribution < -0.4 is 16.8 Å². The van der Waals surface area contributed by atoms with Crippen molar-refractivity contribution in [1.82, 2.24) is 9.97 Å². The number of hydrogen-bond donors (Lipinski definition) is 3. The molecule has 20 heavy (non-hydrogen) atoms. The number of nitrogens with one attached hydrogen (secondary N) is 2. The van der Waals surface area contributed by atoms with Gasteiger partial charge in [0, 0.05) is 16.6 Å². The Morgan fingerprint density at radius 2 is 2.35 bits per heavy atom. The van der Waals surface area contributed by atoms with E-state index in [1.165, 1.54) is 6.20 Å². The van der Waals surface area contributed by atoms with Gasteiger partial charge < -0.3 is 15.5 Å². The maximum Gasteiger partial charge on any atom is 0.416 e. The van der Waals surface area contributed by atoms with Gasteiger partial charge in [-0.2, -0.15) is 0 Å². The van der Waals surface area contributed by atoms with Gasteiger partial charge in [-0.3, -0.25) is 9.97 Å². The Bertz CT molecular complexity index is 761. The van der Waals surface area contributed by atoms with Gasteiger partial charge in [-0.25, -0.2) is 4.79 Å². The fraction of sp³-hybridized carbons (Fsp3) is 0.0769. The van der Waals surface area contributed by atoms with Crippen LogP contribution in [0.1, 0.15) is 4.88 Å². The van der Waals surface area contributed by atoms with Crippen LogP contribution in [0, 0.1) is 0 Å². The second-order valence-electron chi connectivity index (χ2n) is 4.17. The van der Waals surface area contributed by atoms with E-state index in [0.717, 1.165) is 16.1 Å². The van der Waals surface area contributed by atoms with E-state index in [9.17, 15) is 4.79 Å². The molecular weight excluding hydrogens is 276 g/mol. The molecule has 0 spiro atoms. The van der Waals surface area contributed by atoms with Gasteiger partial charge in [-0.05, 0) is 18.2 Å². The quantitative estimate of drug-likeness (QED) is 0.640. The lowest BCUT2D eigenvalue weighted by atomic mass is 10.1. The summed E-state index contributed by atoms with van der Waals surface area (Å²) in [7, 11) is 0. The Kier molecular flexibility index (Phi) is 3.26. The standard InChI is InChI=1S/C13H12N4O2S/c14-10-2-1-8(12-6-17-13(18)19-12)3-11(10)16-5-9-4-15-7-20-9/h1-4,6-7,16H,5,14H2,(H,17,18). The number of benzene rings is 1. The molecule has 0 fully saturated rings. The van der Waals surface area contributed by atoms with Crippen molar-refractivity contribution in [2.24, 2.45) is 0 Å². The van der Waals surface area contributed by atoms with E-state index in [-0.39, 0.29) is 0 Å². The molecule has 3 aromatic rings. The van der Waals surface area contributed by atoms with Crippen LogP contribution in [0.3, 0.4) is 0 Å². The van der Waals surface area contributed by atoms with Crippen LogP contribution in [0.2, 0.25) is 0 Å². The molecule has 0 bridgehead atoms. The predicted molar refractivity (Wildman–Crippen MR) is 78.6 cm³/mol. The molecule has 6 nitrogen and oxygen atoms in total. The van der Waals surface area contributed by atoms with Crippen LogP contribution in [0.4, 0.5) is 11.4 Å². The Labute approximate surface area is 118 Å². The number of nitrogen functional groups attached to an aromatic ring is 1. The molecule has 0 unspecified atom stereocenters. The number of oxazole rings is 1. The number of aromatic nitrogens is 2. The maximum atomic E-state index is 11.0. The highest BCUT2D eigenvalue weighted by Crippen LogP contribution is 2.27. The number of nitrogens with zero attached hydrogens (tertiary/aromatic N) is 1. The van der Waals surface area contributed by atoms with E-state index < -0.39 is 5.76 Å². The molecule has 0 saturated carbocycles. The molecule has 0 aliphatic rings. The highest BCUT2D eigenvalue weighted by molar-refractivity contribution is 7.09. The van der Waals surface area contributed by atoms with Gasteiger partial charge in [0.15, 0.2) is 5.76 Å². The highest BCUT2D eigenvalue weighted by atomic mass is 32.1. The number of nitrogens with two attached hydrogens (primary N) is 1. The van der Waals surface area contributed by atoms with Crippen molar-refractivity contribution in [3.05, 3.63) is 51.5 Å². The Morgan fingerprint density at radius 3 is 3.05 bits per heavy atom. The summed E-state index contributed by atoms with van der Waals surface area (Å²) in [6, 6.07) is 5.43. The lowest BCUT2D eigenvalue weighted by Gasteiger charge is -2.09. The first-order chi connectivity index (χ1) is 9.72. The van der Waals surface area contributed by atoms with E-state index in [1.807, 2.05) is 12.3 Å². The molecule has 2 heterocycles. The average molecular weight is 288 g/mol. The molecule has 0 aliphatic heterocycles. The summed E-state index contributed by atoms with van der Waals surface area (Å²) in [6.45, 7) is 0.648. The summed E-state index contributed by atoms with van der Waals surface area (Å²) < 4.78 is 5.03. The van der Waals surface area contributed by atoms with Crippen molar-refractivity contribution in [2.45, 2.75) is 6.54 Å². The minimum atomic E-state index is -0.476. The molecule has 0 atom stereocenters. The zero-order valence-electron chi connectivity index (χ0n) is 10.4. The minimum Gasteiger partial charge on any atom is -0.408 e. The zero-order chi connectivity index (χ0) is 13.9. The maximum absolute atomic E-state index is 11.0. The van der Waals surface area contributed by atoms with Crippen LogP contribution in [0.5, 0.6) is 0 Å². The van der Waals surface area contributed by atoms with Gasteiger partial charge in [0.2, 0.25) is 0 Å². The molecule has 0 saturated heterocycles. The van der Waals surface area contributed by atoms with Crippen molar-refractivity contribution < 1.29 is 4.42 Å². The van der Waals surface area contributed by atoms with Gasteiger partial charge in [0.05, 0.1) is 29.6 Å². The third-order valence-electron chi connectivity index (χ3n) is 2.80. The normalized spacial score (nSPS) is 10.6. The Balaban J connectivity index is 1.85. The van der Waals surface area contributed by atoms with Crippen LogP contribution in [0.15, 0.2) is 45.3 Å². The molecule has 0 amide bonds. The van der Waals surface area contributed by atoms with Crippen molar-refractivity contribution in [1.29, 1.82) is 0 Å². The summed E-state index contributed by atoms with van der Waals surface area (Å²) in [4.78, 5) is 18.6. The SMILES string of the molecule is Nc1ccc(-c2c[nH]c(=O)o2)cc1NCc1cncs1. The molecule has 3 rings (SSSR count). The fourth-order valence-electron chi connectivity index (χ4n) is 1.80. The first kappa shape index (κ1) is 12.5. The monoisotopic (exact) mass is 288 g/mol. The lowest BCUT2D eigenvalue weighted by molar-refractivity contribution is 0.528. The predicted octanol–water partition coefficient (Wildman–Crippen LogP) is 2.29. The molecule has 1 aromatic carbocycles. The molecule has 4 N–H and O–H groups in total. The van der Waals surface area contributed by atoms with Gasteiger partial charge >= 0.3 is 5.76 Å². The van der Waals surface area contributed by atoms with Crippen LogP contribution in [-0.4, -0.2) is 9.97 Å². The number of H-pyrrole nitrogens is 1. The van der Waals surface area contributed by atoms with E-state index in [0.29, 0.717) is 18.0 Å². The second-order valence-corrected chi connectivity index (χ2v) is 5.14. The number of thiazole rings is 1. The molecular formula is C13H12N4O2S. The Morgan fingerprint density at radius 1 is 1.45 bits per heavy atom. The van der Waals surface area contributed by atoms with Crippen molar-refractivity contribution in [2.75, 3.05) is 11.1 Å². The minimum absolute atomic E-state index is 0.476. The summed E-state index contributed by atoms with van der Waals surface area (Å²) in [6.07, 6.45) is 3.34.